The molecule has 6 nitrogen and oxygen atoms in total. The second-order valence-electron chi connectivity index (χ2n) is 5.12. The fourth-order valence-corrected chi connectivity index (χ4v) is 2.01. The number of carbonyl (C=O) groups is 3. The molecule has 24 heavy (non-hydrogen) atoms. The van der Waals surface area contributed by atoms with E-state index in [1.54, 1.807) is 49.6 Å². The smallest absolute Gasteiger partial charge is 0.313 e. The molecule has 0 saturated heterocycles. The molecule has 0 radical (unpaired) electrons. The van der Waals surface area contributed by atoms with Gasteiger partial charge in [0.25, 0.3) is 0 Å². The molecule has 0 aromatic heterocycles. The molecule has 0 aliphatic heterocycles. The Balaban J connectivity index is 1.91. The molecule has 0 spiro atoms. The zero-order valence-electron chi connectivity index (χ0n) is 13.5. The molecule has 0 saturated carbocycles. The van der Waals surface area contributed by atoms with Gasteiger partial charge in [-0.1, -0.05) is 24.3 Å². The Bertz CT molecular complexity index is 754. The number of Topliss-reactive ketones (excluding diaryl/α,β-unsaturated/α-hetero) is 1. The van der Waals surface area contributed by atoms with Gasteiger partial charge in [0.2, 0.25) is 0 Å². The van der Waals surface area contributed by atoms with Crippen molar-refractivity contribution in [2.24, 2.45) is 0 Å². The predicted molar refractivity (Wildman–Crippen MR) is 89.9 cm³/mol. The summed E-state index contributed by atoms with van der Waals surface area (Å²) in [5, 5.41) is 5.00. The molecule has 124 valence electrons. The summed E-state index contributed by atoms with van der Waals surface area (Å²) in [6.45, 7) is 1.66. The van der Waals surface area contributed by atoms with Gasteiger partial charge < -0.3 is 15.4 Å². The Hall–Kier alpha value is -3.15. The number of nitrogens with one attached hydrogen (secondary N) is 2. The highest BCUT2D eigenvalue weighted by Gasteiger charge is 2.13. The molecule has 2 aromatic carbocycles. The monoisotopic (exact) mass is 326 g/mol. The number of hydrogen-bond donors (Lipinski definition) is 2. The lowest BCUT2D eigenvalue weighted by atomic mass is 10.1. The van der Waals surface area contributed by atoms with Crippen molar-refractivity contribution in [1.29, 1.82) is 0 Å². The Kier molecular flexibility index (Phi) is 5.68. The van der Waals surface area contributed by atoms with Gasteiger partial charge in [-0.3, -0.25) is 14.4 Å². The van der Waals surface area contributed by atoms with Gasteiger partial charge in [-0.15, -0.1) is 0 Å². The number of amides is 2. The average molecular weight is 326 g/mol. The highest BCUT2D eigenvalue weighted by Crippen LogP contribution is 2.12. The lowest BCUT2D eigenvalue weighted by molar-refractivity contribution is -0.136. The summed E-state index contributed by atoms with van der Waals surface area (Å²) in [6.07, 6.45) is 0. The van der Waals surface area contributed by atoms with Crippen molar-refractivity contribution in [2.45, 2.75) is 13.5 Å². The van der Waals surface area contributed by atoms with Crippen LogP contribution in [0.1, 0.15) is 22.8 Å². The quantitative estimate of drug-likeness (QED) is 0.651. The van der Waals surface area contributed by atoms with Crippen LogP contribution in [0.2, 0.25) is 0 Å². The fourth-order valence-electron chi connectivity index (χ4n) is 2.01. The maximum Gasteiger partial charge on any atom is 0.313 e. The van der Waals surface area contributed by atoms with Crippen LogP contribution in [-0.2, 0) is 16.1 Å². The first kappa shape index (κ1) is 17.2. The third kappa shape index (κ3) is 4.67. The van der Waals surface area contributed by atoms with E-state index in [0.29, 0.717) is 17.0 Å². The van der Waals surface area contributed by atoms with E-state index in [0.717, 1.165) is 5.56 Å². The molecule has 2 rings (SSSR count). The van der Waals surface area contributed by atoms with E-state index in [9.17, 15) is 14.4 Å². The molecule has 0 bridgehead atoms. The van der Waals surface area contributed by atoms with Crippen molar-refractivity contribution in [1.82, 2.24) is 5.32 Å². The second-order valence-corrected chi connectivity index (χ2v) is 5.12. The van der Waals surface area contributed by atoms with Crippen LogP contribution in [0.15, 0.2) is 48.5 Å². The van der Waals surface area contributed by atoms with Crippen molar-refractivity contribution >= 4 is 23.3 Å². The van der Waals surface area contributed by atoms with E-state index >= 15 is 0 Å². The van der Waals surface area contributed by atoms with Gasteiger partial charge in [0.15, 0.2) is 5.78 Å². The van der Waals surface area contributed by atoms with E-state index in [1.165, 1.54) is 13.0 Å². The summed E-state index contributed by atoms with van der Waals surface area (Å²) < 4.78 is 5.05. The normalized spacial score (nSPS) is 9.92. The molecular formula is C18H18N2O4. The van der Waals surface area contributed by atoms with E-state index in [2.05, 4.69) is 10.6 Å². The Labute approximate surface area is 139 Å². The number of anilines is 1. The Morgan fingerprint density at radius 2 is 1.71 bits per heavy atom. The van der Waals surface area contributed by atoms with Crippen molar-refractivity contribution in [3.05, 3.63) is 59.7 Å². The molecule has 0 atom stereocenters. The molecule has 0 fully saturated rings. The zero-order chi connectivity index (χ0) is 17.5. The molecule has 2 aromatic rings. The highest BCUT2D eigenvalue weighted by molar-refractivity contribution is 6.39. The lowest BCUT2D eigenvalue weighted by Gasteiger charge is -2.08. The van der Waals surface area contributed by atoms with Crippen LogP contribution >= 0.6 is 0 Å². The summed E-state index contributed by atoms with van der Waals surface area (Å²) in [5.41, 5.74) is 1.70. The Morgan fingerprint density at radius 3 is 2.33 bits per heavy atom. The third-order valence-electron chi connectivity index (χ3n) is 3.35. The average Bonchev–Trinajstić information content (AvgIpc) is 2.60. The minimum Gasteiger partial charge on any atom is -0.497 e. The standard InChI is InChI=1S/C18H18N2O4/c1-12(21)14-4-3-5-15(10-14)20-18(23)17(22)19-11-13-6-8-16(24-2)9-7-13/h3-10H,11H2,1-2H3,(H,19,22)(H,20,23). The topological polar surface area (TPSA) is 84.5 Å². The van der Waals surface area contributed by atoms with Gasteiger partial charge in [-0.2, -0.15) is 0 Å². The number of rotatable bonds is 5. The van der Waals surface area contributed by atoms with E-state index in [1.807, 2.05) is 0 Å². The summed E-state index contributed by atoms with van der Waals surface area (Å²) in [5.74, 6) is -0.938. The summed E-state index contributed by atoms with van der Waals surface area (Å²) in [7, 11) is 1.57. The highest BCUT2D eigenvalue weighted by atomic mass is 16.5. The van der Waals surface area contributed by atoms with Gasteiger partial charge in [-0.05, 0) is 36.8 Å². The number of hydrogen-bond acceptors (Lipinski definition) is 4. The third-order valence-corrected chi connectivity index (χ3v) is 3.35. The van der Waals surface area contributed by atoms with Gasteiger partial charge in [0.05, 0.1) is 7.11 Å². The van der Waals surface area contributed by atoms with Crippen molar-refractivity contribution < 1.29 is 19.1 Å². The van der Waals surface area contributed by atoms with Gasteiger partial charge in [0.1, 0.15) is 5.75 Å². The summed E-state index contributed by atoms with van der Waals surface area (Å²) in [6, 6.07) is 13.6. The first-order chi connectivity index (χ1) is 11.5. The minimum atomic E-state index is -0.788. The van der Waals surface area contributed by atoms with Crippen LogP contribution in [-0.4, -0.2) is 24.7 Å². The first-order valence-corrected chi connectivity index (χ1v) is 7.32. The van der Waals surface area contributed by atoms with Crippen molar-refractivity contribution in [3.8, 4) is 5.75 Å². The molecule has 0 aliphatic carbocycles. The van der Waals surface area contributed by atoms with Gasteiger partial charge in [0, 0.05) is 17.8 Å². The van der Waals surface area contributed by atoms with Crippen LogP contribution in [0.5, 0.6) is 5.75 Å². The zero-order valence-corrected chi connectivity index (χ0v) is 13.5. The predicted octanol–water partition coefficient (Wildman–Crippen LogP) is 2.15. The molecule has 0 aliphatic rings. The van der Waals surface area contributed by atoms with E-state index in [4.69, 9.17) is 4.74 Å². The minimum absolute atomic E-state index is 0.116. The number of ether oxygens (including phenoxy) is 1. The van der Waals surface area contributed by atoms with Crippen molar-refractivity contribution in [3.63, 3.8) is 0 Å². The maximum atomic E-state index is 11.9. The van der Waals surface area contributed by atoms with E-state index < -0.39 is 11.8 Å². The van der Waals surface area contributed by atoms with Crippen LogP contribution in [0.4, 0.5) is 5.69 Å². The number of carbonyl (C=O) groups excluding carboxylic acids is 3. The molecule has 2 amide bonds. The van der Waals surface area contributed by atoms with Crippen LogP contribution < -0.4 is 15.4 Å². The SMILES string of the molecule is COc1ccc(CNC(=O)C(=O)Nc2cccc(C(C)=O)c2)cc1. The first-order valence-electron chi connectivity index (χ1n) is 7.32. The lowest BCUT2D eigenvalue weighted by Crippen LogP contribution is -2.34. The number of methoxy groups -OCH3 is 1. The van der Waals surface area contributed by atoms with Gasteiger partial charge >= 0.3 is 11.8 Å². The maximum absolute atomic E-state index is 11.9. The number of benzene rings is 2. The van der Waals surface area contributed by atoms with Crippen LogP contribution in [0.3, 0.4) is 0 Å². The Morgan fingerprint density at radius 1 is 1.00 bits per heavy atom. The second kappa shape index (κ2) is 7.92. The van der Waals surface area contributed by atoms with Crippen LogP contribution in [0.25, 0.3) is 0 Å². The molecule has 0 unspecified atom stereocenters. The largest absolute Gasteiger partial charge is 0.497 e. The molecular weight excluding hydrogens is 308 g/mol. The number of ketones is 1. The van der Waals surface area contributed by atoms with Crippen molar-refractivity contribution in [2.75, 3.05) is 12.4 Å². The van der Waals surface area contributed by atoms with Gasteiger partial charge in [-0.25, -0.2) is 0 Å². The molecule has 0 heterocycles. The summed E-state index contributed by atoms with van der Waals surface area (Å²) in [4.78, 5) is 35.1. The summed E-state index contributed by atoms with van der Waals surface area (Å²) >= 11 is 0. The fraction of sp³-hybridized carbons (Fsp3) is 0.167. The van der Waals surface area contributed by atoms with E-state index in [-0.39, 0.29) is 12.3 Å². The molecule has 2 N–H and O–H groups in total. The molecule has 6 heteroatoms. The van der Waals surface area contributed by atoms with Crippen LogP contribution in [0, 0.1) is 0 Å².